The molecule has 0 N–H and O–H groups in total. The summed E-state index contributed by atoms with van der Waals surface area (Å²) in [6.07, 6.45) is 1.89. The molecule has 4 rings (SSSR count). The number of para-hydroxylation sites is 2. The van der Waals surface area contributed by atoms with Crippen molar-refractivity contribution in [2.24, 2.45) is 0 Å². The second kappa shape index (κ2) is 6.64. The molecule has 0 radical (unpaired) electrons. The molecule has 1 saturated heterocycles. The largest absolute Gasteiger partial charge is 0.328 e. The minimum absolute atomic E-state index is 0.00620. The predicted octanol–water partition coefficient (Wildman–Crippen LogP) is 3.91. The van der Waals surface area contributed by atoms with Gasteiger partial charge in [-0.2, -0.15) is 5.26 Å². The number of hydrogen-bond acceptors (Lipinski definition) is 3. The van der Waals surface area contributed by atoms with E-state index in [1.807, 2.05) is 23.1 Å². The highest BCUT2D eigenvalue weighted by Crippen LogP contribution is 2.34. The van der Waals surface area contributed by atoms with E-state index in [0.717, 1.165) is 42.8 Å². The fourth-order valence-corrected chi connectivity index (χ4v) is 3.81. The fraction of sp³-hybridized carbons (Fsp3) is 0.286. The number of aryl methyl sites for hydroxylation is 1. The Morgan fingerprint density at radius 1 is 1.23 bits per heavy atom. The molecule has 0 bridgehead atoms. The molecule has 0 saturated carbocycles. The number of fused-ring (bicyclic) bond motifs is 1. The number of carbonyl (C=O) groups excluding carboxylic acids is 1. The molecule has 3 aromatic rings. The smallest absolute Gasteiger partial charge is 0.254 e. The lowest BCUT2D eigenvalue weighted by Gasteiger charge is -2.25. The number of carbonyl (C=O) groups is 1. The second-order valence-corrected chi connectivity index (χ2v) is 6.55. The van der Waals surface area contributed by atoms with Gasteiger partial charge in [0.05, 0.1) is 28.7 Å². The molecule has 5 heteroatoms. The summed E-state index contributed by atoms with van der Waals surface area (Å²) in [5.74, 6) is 0.972. The SMILES string of the molecule is CCn1c(C2CCCN2C(=O)c2ccc(C#N)cc2)nc2ccccc21. The maximum Gasteiger partial charge on any atom is 0.254 e. The Labute approximate surface area is 152 Å². The van der Waals surface area contributed by atoms with E-state index in [1.165, 1.54) is 0 Å². The van der Waals surface area contributed by atoms with Crippen LogP contribution in [0.25, 0.3) is 11.0 Å². The first-order valence-electron chi connectivity index (χ1n) is 8.99. The van der Waals surface area contributed by atoms with E-state index >= 15 is 0 Å². The number of nitrogens with zero attached hydrogens (tertiary/aromatic N) is 4. The molecule has 5 nitrogen and oxygen atoms in total. The zero-order valence-corrected chi connectivity index (χ0v) is 14.7. The highest BCUT2D eigenvalue weighted by Gasteiger charge is 2.34. The average Bonchev–Trinajstić information content (AvgIpc) is 3.31. The highest BCUT2D eigenvalue weighted by atomic mass is 16.2. The Kier molecular flexibility index (Phi) is 4.18. The molecular weight excluding hydrogens is 324 g/mol. The van der Waals surface area contributed by atoms with Gasteiger partial charge in [0.1, 0.15) is 5.82 Å². The number of benzene rings is 2. The maximum absolute atomic E-state index is 13.1. The molecule has 0 spiro atoms. The summed E-state index contributed by atoms with van der Waals surface area (Å²) < 4.78 is 2.21. The normalized spacial score (nSPS) is 16.8. The average molecular weight is 344 g/mol. The second-order valence-electron chi connectivity index (χ2n) is 6.55. The lowest BCUT2D eigenvalue weighted by Crippen LogP contribution is -2.32. The van der Waals surface area contributed by atoms with Gasteiger partial charge in [0, 0.05) is 18.7 Å². The van der Waals surface area contributed by atoms with Crippen LogP contribution in [0.4, 0.5) is 0 Å². The van der Waals surface area contributed by atoms with Gasteiger partial charge < -0.3 is 9.47 Å². The van der Waals surface area contributed by atoms with Gasteiger partial charge in [-0.3, -0.25) is 4.79 Å². The molecule has 1 aliphatic rings. The van der Waals surface area contributed by atoms with Crippen molar-refractivity contribution < 1.29 is 4.79 Å². The standard InChI is InChI=1S/C21H20N4O/c1-2-24-18-7-4-3-6-17(18)23-20(24)19-8-5-13-25(19)21(26)16-11-9-15(14-22)10-12-16/h3-4,6-7,9-12,19H,2,5,8,13H2,1H3. The molecule has 2 aromatic carbocycles. The Bertz CT molecular complexity index is 997. The summed E-state index contributed by atoms with van der Waals surface area (Å²) in [7, 11) is 0. The van der Waals surface area contributed by atoms with Gasteiger partial charge >= 0.3 is 0 Å². The quantitative estimate of drug-likeness (QED) is 0.724. The highest BCUT2D eigenvalue weighted by molar-refractivity contribution is 5.94. The Balaban J connectivity index is 1.70. The summed E-state index contributed by atoms with van der Waals surface area (Å²) in [5, 5.41) is 8.94. The van der Waals surface area contributed by atoms with E-state index in [-0.39, 0.29) is 11.9 Å². The number of likely N-dealkylation sites (tertiary alicyclic amines) is 1. The third kappa shape index (κ3) is 2.64. The van der Waals surface area contributed by atoms with Gasteiger partial charge in [0.15, 0.2) is 0 Å². The first-order chi connectivity index (χ1) is 12.7. The van der Waals surface area contributed by atoms with E-state index in [2.05, 4.69) is 23.6 Å². The zero-order chi connectivity index (χ0) is 18.1. The number of aromatic nitrogens is 2. The van der Waals surface area contributed by atoms with E-state index in [9.17, 15) is 4.79 Å². The fourth-order valence-electron chi connectivity index (χ4n) is 3.81. The van der Waals surface area contributed by atoms with Crippen LogP contribution in [0.3, 0.4) is 0 Å². The monoisotopic (exact) mass is 344 g/mol. The van der Waals surface area contributed by atoms with Crippen LogP contribution in [0, 0.1) is 11.3 Å². The summed E-state index contributed by atoms with van der Waals surface area (Å²) >= 11 is 0. The predicted molar refractivity (Wildman–Crippen MR) is 99.6 cm³/mol. The molecule has 0 aliphatic carbocycles. The molecule has 1 unspecified atom stereocenters. The van der Waals surface area contributed by atoms with Crippen LogP contribution >= 0.6 is 0 Å². The molecule has 1 atom stereocenters. The lowest BCUT2D eigenvalue weighted by atomic mass is 10.1. The first kappa shape index (κ1) is 16.3. The van der Waals surface area contributed by atoms with E-state index in [4.69, 9.17) is 10.2 Å². The van der Waals surface area contributed by atoms with Crippen LogP contribution in [0.15, 0.2) is 48.5 Å². The summed E-state index contributed by atoms with van der Waals surface area (Å²) in [6.45, 7) is 3.67. The van der Waals surface area contributed by atoms with Gasteiger partial charge in [-0.25, -0.2) is 4.98 Å². The zero-order valence-electron chi connectivity index (χ0n) is 14.7. The van der Waals surface area contributed by atoms with Crippen molar-refractivity contribution in [1.29, 1.82) is 5.26 Å². The molecule has 1 amide bonds. The van der Waals surface area contributed by atoms with Crippen molar-refractivity contribution in [3.8, 4) is 6.07 Å². The van der Waals surface area contributed by atoms with Crippen LogP contribution < -0.4 is 0 Å². The van der Waals surface area contributed by atoms with Gasteiger partial charge in [-0.05, 0) is 56.2 Å². The topological polar surface area (TPSA) is 61.9 Å². The Morgan fingerprint density at radius 3 is 2.73 bits per heavy atom. The summed E-state index contributed by atoms with van der Waals surface area (Å²) in [4.78, 5) is 19.8. The number of nitriles is 1. The number of amides is 1. The van der Waals surface area contributed by atoms with Crippen molar-refractivity contribution in [1.82, 2.24) is 14.5 Å². The van der Waals surface area contributed by atoms with Crippen LogP contribution in [0.5, 0.6) is 0 Å². The maximum atomic E-state index is 13.1. The van der Waals surface area contributed by atoms with Crippen molar-refractivity contribution >= 4 is 16.9 Å². The van der Waals surface area contributed by atoms with Crippen LogP contribution in [-0.2, 0) is 6.54 Å². The Morgan fingerprint density at radius 2 is 2.00 bits per heavy atom. The minimum atomic E-state index is -0.00880. The van der Waals surface area contributed by atoms with Gasteiger partial charge in [-0.1, -0.05) is 12.1 Å². The molecular formula is C21H20N4O. The van der Waals surface area contributed by atoms with E-state index in [1.54, 1.807) is 24.3 Å². The minimum Gasteiger partial charge on any atom is -0.328 e. The van der Waals surface area contributed by atoms with Crippen LogP contribution in [0.2, 0.25) is 0 Å². The van der Waals surface area contributed by atoms with Crippen molar-refractivity contribution in [3.05, 3.63) is 65.5 Å². The van der Waals surface area contributed by atoms with Gasteiger partial charge in [0.25, 0.3) is 5.91 Å². The van der Waals surface area contributed by atoms with Crippen molar-refractivity contribution in [2.75, 3.05) is 6.54 Å². The lowest BCUT2D eigenvalue weighted by molar-refractivity contribution is 0.0728. The molecule has 1 fully saturated rings. The number of hydrogen-bond donors (Lipinski definition) is 0. The molecule has 130 valence electrons. The molecule has 2 heterocycles. The van der Waals surface area contributed by atoms with Crippen molar-refractivity contribution in [3.63, 3.8) is 0 Å². The van der Waals surface area contributed by atoms with Crippen molar-refractivity contribution in [2.45, 2.75) is 32.4 Å². The van der Waals surface area contributed by atoms with E-state index in [0.29, 0.717) is 11.1 Å². The molecule has 26 heavy (non-hydrogen) atoms. The summed E-state index contributed by atoms with van der Waals surface area (Å²) in [6, 6.07) is 17.1. The molecule has 1 aromatic heterocycles. The van der Waals surface area contributed by atoms with Crippen LogP contribution in [0.1, 0.15) is 47.6 Å². The molecule has 1 aliphatic heterocycles. The van der Waals surface area contributed by atoms with Crippen LogP contribution in [-0.4, -0.2) is 26.9 Å². The number of imidazole rings is 1. The summed E-state index contributed by atoms with van der Waals surface area (Å²) in [5.41, 5.74) is 3.27. The van der Waals surface area contributed by atoms with E-state index < -0.39 is 0 Å². The first-order valence-corrected chi connectivity index (χ1v) is 8.99. The number of rotatable bonds is 3. The third-order valence-electron chi connectivity index (χ3n) is 5.07. The van der Waals surface area contributed by atoms with Gasteiger partial charge in [-0.15, -0.1) is 0 Å². The third-order valence-corrected chi connectivity index (χ3v) is 5.07. The van der Waals surface area contributed by atoms with Gasteiger partial charge in [0.2, 0.25) is 0 Å². The Hall–Kier alpha value is -3.13.